The van der Waals surface area contributed by atoms with Gasteiger partial charge in [0.15, 0.2) is 0 Å². The highest BCUT2D eigenvalue weighted by Crippen LogP contribution is 2.29. The van der Waals surface area contributed by atoms with E-state index in [9.17, 15) is 13.2 Å². The number of halogens is 1. The van der Waals surface area contributed by atoms with Crippen molar-refractivity contribution in [3.8, 4) is 5.75 Å². The van der Waals surface area contributed by atoms with Crippen molar-refractivity contribution in [2.24, 2.45) is 5.92 Å². The van der Waals surface area contributed by atoms with E-state index in [1.54, 1.807) is 31.4 Å². The van der Waals surface area contributed by atoms with Crippen molar-refractivity contribution in [3.05, 3.63) is 96.1 Å². The summed E-state index contributed by atoms with van der Waals surface area (Å²) in [5.41, 5.74) is 1.83. The van der Waals surface area contributed by atoms with Crippen molar-refractivity contribution in [1.82, 2.24) is 9.62 Å². The van der Waals surface area contributed by atoms with Crippen molar-refractivity contribution in [3.63, 3.8) is 0 Å². The van der Waals surface area contributed by atoms with Crippen LogP contribution in [0.1, 0.15) is 30.4 Å². The molecule has 3 aromatic rings. The van der Waals surface area contributed by atoms with Gasteiger partial charge in [0, 0.05) is 13.0 Å². The van der Waals surface area contributed by atoms with E-state index in [1.165, 1.54) is 4.31 Å². The molecule has 2 unspecified atom stereocenters. The zero-order chi connectivity index (χ0) is 25.4. The number of esters is 1. The zero-order valence-corrected chi connectivity index (χ0v) is 22.4. The Bertz CT molecular complexity index is 1220. The third kappa shape index (κ3) is 7.79. The second kappa shape index (κ2) is 13.6. The molecule has 37 heavy (non-hydrogen) atoms. The SMILES string of the molecule is COc1ccc(S(=O)(=O)N(Cc2ccccc2)C2CC(CC(=O)OCc3ccccc3)CCN2)cc1.Cl. The highest BCUT2D eigenvalue weighted by Gasteiger charge is 2.35. The van der Waals surface area contributed by atoms with Gasteiger partial charge in [0.05, 0.1) is 18.2 Å². The molecule has 0 aromatic heterocycles. The molecule has 4 rings (SSSR count). The van der Waals surface area contributed by atoms with E-state index >= 15 is 0 Å². The number of sulfonamides is 1. The van der Waals surface area contributed by atoms with Crippen LogP contribution >= 0.6 is 12.4 Å². The molecule has 0 aliphatic carbocycles. The molecular formula is C28H33ClN2O5S. The number of nitrogens with zero attached hydrogens (tertiary/aromatic N) is 1. The Kier molecular flexibility index (Phi) is 10.5. The van der Waals surface area contributed by atoms with Crippen LogP contribution in [0.3, 0.4) is 0 Å². The molecule has 198 valence electrons. The van der Waals surface area contributed by atoms with Gasteiger partial charge in [-0.3, -0.25) is 4.79 Å². The minimum Gasteiger partial charge on any atom is -0.497 e. The Morgan fingerprint density at radius 1 is 0.946 bits per heavy atom. The summed E-state index contributed by atoms with van der Waals surface area (Å²) < 4.78 is 39.7. The first-order chi connectivity index (χ1) is 17.5. The van der Waals surface area contributed by atoms with E-state index in [0.717, 1.165) is 17.5 Å². The van der Waals surface area contributed by atoms with Gasteiger partial charge in [0.2, 0.25) is 10.0 Å². The molecule has 3 aromatic carbocycles. The summed E-state index contributed by atoms with van der Waals surface area (Å²) in [4.78, 5) is 12.7. The maximum Gasteiger partial charge on any atom is 0.306 e. The van der Waals surface area contributed by atoms with Crippen molar-refractivity contribution in [1.29, 1.82) is 0 Å². The number of hydrogen-bond donors (Lipinski definition) is 1. The summed E-state index contributed by atoms with van der Waals surface area (Å²) in [5, 5.41) is 3.37. The Hall–Kier alpha value is -2.91. The fourth-order valence-corrected chi connectivity index (χ4v) is 5.98. The lowest BCUT2D eigenvalue weighted by molar-refractivity contribution is -0.146. The molecule has 7 nitrogen and oxygen atoms in total. The molecule has 1 aliphatic heterocycles. The lowest BCUT2D eigenvalue weighted by atomic mass is 9.92. The van der Waals surface area contributed by atoms with Crippen molar-refractivity contribution >= 4 is 28.4 Å². The number of carbonyl (C=O) groups excluding carboxylic acids is 1. The van der Waals surface area contributed by atoms with E-state index < -0.39 is 16.2 Å². The minimum atomic E-state index is -3.82. The van der Waals surface area contributed by atoms with Gasteiger partial charge >= 0.3 is 5.97 Å². The quantitative estimate of drug-likeness (QED) is 0.370. The average molecular weight is 545 g/mol. The Morgan fingerprint density at radius 3 is 2.19 bits per heavy atom. The van der Waals surface area contributed by atoms with Crippen LogP contribution in [-0.2, 0) is 32.7 Å². The lowest BCUT2D eigenvalue weighted by Crippen LogP contribution is -2.52. The number of ether oxygens (including phenoxy) is 2. The lowest BCUT2D eigenvalue weighted by Gasteiger charge is -2.37. The zero-order valence-electron chi connectivity index (χ0n) is 20.8. The van der Waals surface area contributed by atoms with Gasteiger partial charge in [-0.05, 0) is 60.7 Å². The number of carbonyl (C=O) groups is 1. The molecule has 1 heterocycles. The molecule has 1 aliphatic rings. The molecule has 9 heteroatoms. The van der Waals surface area contributed by atoms with Gasteiger partial charge in [-0.2, -0.15) is 4.31 Å². The van der Waals surface area contributed by atoms with Gasteiger partial charge in [0.1, 0.15) is 12.4 Å². The van der Waals surface area contributed by atoms with Gasteiger partial charge in [-0.1, -0.05) is 60.7 Å². The van der Waals surface area contributed by atoms with E-state index in [-0.39, 0.29) is 48.8 Å². The standard InChI is InChI=1S/C28H32N2O5S.ClH/c1-34-25-12-14-26(15-13-25)36(32,33)30(20-22-8-4-2-5-9-22)27-18-24(16-17-29-27)19-28(31)35-21-23-10-6-3-7-11-23;/h2-15,24,27,29H,16-21H2,1H3;1H. The maximum absolute atomic E-state index is 13.8. The van der Waals surface area contributed by atoms with E-state index in [2.05, 4.69) is 5.32 Å². The largest absolute Gasteiger partial charge is 0.497 e. The van der Waals surface area contributed by atoms with Crippen LogP contribution in [0.25, 0.3) is 0 Å². The smallest absolute Gasteiger partial charge is 0.306 e. The number of nitrogens with one attached hydrogen (secondary N) is 1. The highest BCUT2D eigenvalue weighted by atomic mass is 35.5. The van der Waals surface area contributed by atoms with Crippen LogP contribution in [0.4, 0.5) is 0 Å². The second-order valence-electron chi connectivity index (χ2n) is 8.92. The number of methoxy groups -OCH3 is 1. The summed E-state index contributed by atoms with van der Waals surface area (Å²) in [6.45, 7) is 1.07. The summed E-state index contributed by atoms with van der Waals surface area (Å²) >= 11 is 0. The molecular weight excluding hydrogens is 512 g/mol. The Balaban J connectivity index is 0.00000380. The average Bonchev–Trinajstić information content (AvgIpc) is 2.92. The maximum atomic E-state index is 13.8. The number of benzene rings is 3. The normalized spacial score (nSPS) is 17.6. The van der Waals surface area contributed by atoms with E-state index in [4.69, 9.17) is 9.47 Å². The van der Waals surface area contributed by atoms with Crippen molar-refractivity contribution in [2.75, 3.05) is 13.7 Å². The Morgan fingerprint density at radius 2 is 1.57 bits per heavy atom. The second-order valence-corrected chi connectivity index (χ2v) is 10.8. The minimum absolute atomic E-state index is 0. The van der Waals surface area contributed by atoms with Crippen LogP contribution in [0.15, 0.2) is 89.8 Å². The van der Waals surface area contributed by atoms with Crippen LogP contribution < -0.4 is 10.1 Å². The van der Waals surface area contributed by atoms with E-state index in [0.29, 0.717) is 18.7 Å². The molecule has 0 radical (unpaired) electrons. The molecule has 0 amide bonds. The fraction of sp³-hybridized carbons (Fsp3) is 0.321. The van der Waals surface area contributed by atoms with Gasteiger partial charge in [0.25, 0.3) is 0 Å². The predicted octanol–water partition coefficient (Wildman–Crippen LogP) is 4.77. The predicted molar refractivity (Wildman–Crippen MR) is 145 cm³/mol. The van der Waals surface area contributed by atoms with Crippen LogP contribution in [0.5, 0.6) is 5.75 Å². The molecule has 1 N–H and O–H groups in total. The molecule has 1 fully saturated rings. The summed E-state index contributed by atoms with van der Waals surface area (Å²) in [6, 6.07) is 25.5. The van der Waals surface area contributed by atoms with Gasteiger partial charge in [-0.25, -0.2) is 8.42 Å². The molecule has 1 saturated heterocycles. The van der Waals surface area contributed by atoms with Gasteiger partial charge in [-0.15, -0.1) is 12.4 Å². The summed E-state index contributed by atoms with van der Waals surface area (Å²) in [5.74, 6) is 0.342. The Labute approximate surface area is 225 Å². The highest BCUT2D eigenvalue weighted by molar-refractivity contribution is 7.89. The fourth-order valence-electron chi connectivity index (χ4n) is 4.42. The van der Waals surface area contributed by atoms with Crippen LogP contribution in [0, 0.1) is 5.92 Å². The van der Waals surface area contributed by atoms with Crippen LogP contribution in [0.2, 0.25) is 0 Å². The summed E-state index contributed by atoms with van der Waals surface area (Å²) in [7, 11) is -2.28. The van der Waals surface area contributed by atoms with Crippen molar-refractivity contribution < 1.29 is 22.7 Å². The van der Waals surface area contributed by atoms with E-state index in [1.807, 2.05) is 60.7 Å². The first kappa shape index (κ1) is 28.7. The third-order valence-electron chi connectivity index (χ3n) is 6.38. The number of rotatable bonds is 10. The van der Waals surface area contributed by atoms with Gasteiger partial charge < -0.3 is 14.8 Å². The number of hydrogen-bond acceptors (Lipinski definition) is 6. The number of piperidine rings is 1. The van der Waals surface area contributed by atoms with Crippen molar-refractivity contribution in [2.45, 2.75) is 43.5 Å². The molecule has 2 atom stereocenters. The summed E-state index contributed by atoms with van der Waals surface area (Å²) in [6.07, 6.45) is 1.10. The first-order valence-corrected chi connectivity index (χ1v) is 13.5. The monoisotopic (exact) mass is 544 g/mol. The molecule has 0 spiro atoms. The topological polar surface area (TPSA) is 84.9 Å². The third-order valence-corrected chi connectivity index (χ3v) is 8.25. The molecule has 0 saturated carbocycles. The van der Waals surface area contributed by atoms with Crippen LogP contribution in [-0.4, -0.2) is 38.5 Å². The molecule has 0 bridgehead atoms. The first-order valence-electron chi connectivity index (χ1n) is 12.1.